The van der Waals surface area contributed by atoms with Crippen LogP contribution in [0.1, 0.15) is 6.92 Å². The zero-order valence-corrected chi connectivity index (χ0v) is 5.68. The minimum Gasteiger partial charge on any atom is -0.0905 e. The van der Waals surface area contributed by atoms with E-state index in [1.165, 1.54) is 4.24 Å². The molecule has 0 N–H and O–H groups in total. The molecule has 0 amide bonds. The first-order valence-corrected chi connectivity index (χ1v) is 3.84. The molecule has 0 aromatic rings. The molecule has 0 unspecified atom stereocenters. The van der Waals surface area contributed by atoms with Crippen molar-refractivity contribution in [2.45, 2.75) is 6.92 Å². The highest BCUT2D eigenvalue weighted by molar-refractivity contribution is 8.27. The van der Waals surface area contributed by atoms with Gasteiger partial charge in [0.1, 0.15) is 0 Å². The fourth-order valence-corrected chi connectivity index (χ4v) is 1.89. The minimum absolute atomic E-state index is 1.39. The lowest BCUT2D eigenvalue weighted by molar-refractivity contribution is 1.78. The fourth-order valence-electron chi connectivity index (χ4n) is 0.354. The predicted octanol–water partition coefficient (Wildman–Crippen LogP) is 2.80. The van der Waals surface area contributed by atoms with Gasteiger partial charge in [0.05, 0.1) is 0 Å². The van der Waals surface area contributed by atoms with E-state index in [1.807, 2.05) is 0 Å². The lowest BCUT2D eigenvalue weighted by Gasteiger charge is -1.84. The van der Waals surface area contributed by atoms with Gasteiger partial charge in [0.25, 0.3) is 0 Å². The third kappa shape index (κ3) is 1.28. The molecule has 0 aromatic heterocycles. The van der Waals surface area contributed by atoms with E-state index in [0.717, 1.165) is 0 Å². The van der Waals surface area contributed by atoms with Crippen molar-refractivity contribution in [2.75, 3.05) is 0 Å². The maximum atomic E-state index is 2.12. The zero-order chi connectivity index (χ0) is 5.11. The lowest BCUT2D eigenvalue weighted by Crippen LogP contribution is -1.49. The summed E-state index contributed by atoms with van der Waals surface area (Å²) in [4.78, 5) is 0. The van der Waals surface area contributed by atoms with Gasteiger partial charge in [0.2, 0.25) is 0 Å². The molecule has 0 aromatic carbocycles. The van der Waals surface area contributed by atoms with Gasteiger partial charge in [-0.15, -0.1) is 0 Å². The molecule has 0 saturated carbocycles. The normalized spacial score (nSPS) is 18.1. The maximum absolute atomic E-state index is 2.12. The summed E-state index contributed by atoms with van der Waals surface area (Å²) in [6.07, 6.45) is 2.12. The van der Waals surface area contributed by atoms with E-state index in [0.29, 0.717) is 0 Å². The number of allylic oxidation sites excluding steroid dienone is 1. The minimum atomic E-state index is 1.39. The summed E-state index contributed by atoms with van der Waals surface area (Å²) >= 11 is 3.57. The number of thioether (sulfide) groups is 2. The van der Waals surface area contributed by atoms with Crippen LogP contribution in [0.5, 0.6) is 0 Å². The van der Waals surface area contributed by atoms with E-state index in [1.54, 1.807) is 23.5 Å². The maximum Gasteiger partial charge on any atom is 0.0444 e. The highest BCUT2D eigenvalue weighted by Crippen LogP contribution is 2.36. The van der Waals surface area contributed by atoms with Crippen molar-refractivity contribution in [3.05, 3.63) is 21.1 Å². The molecule has 0 fully saturated rings. The van der Waals surface area contributed by atoms with Crippen molar-refractivity contribution < 1.29 is 0 Å². The quantitative estimate of drug-likeness (QED) is 0.494. The molecule has 7 heavy (non-hydrogen) atoms. The SMILES string of the molecule is CC=C1SC=CS1. The van der Waals surface area contributed by atoms with Crippen LogP contribution in [-0.4, -0.2) is 0 Å². The molecule has 1 heterocycles. The molecule has 0 bridgehead atoms. The van der Waals surface area contributed by atoms with Crippen LogP contribution in [0.2, 0.25) is 0 Å². The molecule has 0 nitrogen and oxygen atoms in total. The van der Waals surface area contributed by atoms with E-state index < -0.39 is 0 Å². The van der Waals surface area contributed by atoms with Crippen LogP contribution in [-0.2, 0) is 0 Å². The van der Waals surface area contributed by atoms with Crippen LogP contribution in [0, 0.1) is 0 Å². The van der Waals surface area contributed by atoms with Gasteiger partial charge in [-0.3, -0.25) is 0 Å². The highest BCUT2D eigenvalue weighted by atomic mass is 32.2. The van der Waals surface area contributed by atoms with E-state index >= 15 is 0 Å². The van der Waals surface area contributed by atoms with Crippen LogP contribution in [0.3, 0.4) is 0 Å². The van der Waals surface area contributed by atoms with Crippen LogP contribution in [0.4, 0.5) is 0 Å². The van der Waals surface area contributed by atoms with Gasteiger partial charge in [-0.25, -0.2) is 0 Å². The van der Waals surface area contributed by atoms with Gasteiger partial charge >= 0.3 is 0 Å². The molecular formula is C5H6S2. The Hall–Kier alpha value is 0.180. The Labute approximate surface area is 52.1 Å². The number of hydrogen-bond donors (Lipinski definition) is 0. The summed E-state index contributed by atoms with van der Waals surface area (Å²) in [7, 11) is 0. The van der Waals surface area contributed by atoms with Crippen LogP contribution in [0.25, 0.3) is 0 Å². The lowest BCUT2D eigenvalue weighted by atomic mass is 10.8. The molecule has 0 spiro atoms. The summed E-state index contributed by atoms with van der Waals surface area (Å²) in [5, 5.41) is 4.19. The van der Waals surface area contributed by atoms with E-state index in [9.17, 15) is 0 Å². The Morgan fingerprint density at radius 1 is 1.43 bits per heavy atom. The van der Waals surface area contributed by atoms with Gasteiger partial charge in [-0.2, -0.15) is 0 Å². The Morgan fingerprint density at radius 2 is 2.00 bits per heavy atom. The van der Waals surface area contributed by atoms with Gasteiger partial charge in [-0.05, 0) is 17.7 Å². The molecule has 0 saturated heterocycles. The smallest absolute Gasteiger partial charge is 0.0444 e. The van der Waals surface area contributed by atoms with Gasteiger partial charge in [0.15, 0.2) is 0 Å². The zero-order valence-electron chi connectivity index (χ0n) is 4.05. The number of rotatable bonds is 0. The molecule has 0 atom stereocenters. The van der Waals surface area contributed by atoms with Crippen LogP contribution < -0.4 is 0 Å². The van der Waals surface area contributed by atoms with E-state index in [-0.39, 0.29) is 0 Å². The Bertz CT molecular complexity index is 103. The second-order valence-corrected chi connectivity index (χ2v) is 3.27. The van der Waals surface area contributed by atoms with E-state index in [4.69, 9.17) is 0 Å². The first kappa shape index (κ1) is 5.32. The monoisotopic (exact) mass is 130 g/mol. The largest absolute Gasteiger partial charge is 0.0905 e. The van der Waals surface area contributed by atoms with Crippen molar-refractivity contribution in [1.29, 1.82) is 0 Å². The van der Waals surface area contributed by atoms with Crippen molar-refractivity contribution in [1.82, 2.24) is 0 Å². The number of hydrogen-bond acceptors (Lipinski definition) is 2. The predicted molar refractivity (Wildman–Crippen MR) is 38.1 cm³/mol. The van der Waals surface area contributed by atoms with E-state index in [2.05, 4.69) is 23.8 Å². The van der Waals surface area contributed by atoms with Gasteiger partial charge in [-0.1, -0.05) is 29.6 Å². The highest BCUT2D eigenvalue weighted by Gasteiger charge is 1.96. The molecule has 38 valence electrons. The Morgan fingerprint density at radius 3 is 2.29 bits per heavy atom. The summed E-state index contributed by atoms with van der Waals surface area (Å²) < 4.78 is 1.39. The van der Waals surface area contributed by atoms with Crippen molar-refractivity contribution >= 4 is 23.5 Å². The molecular weight excluding hydrogens is 124 g/mol. The molecule has 2 heteroatoms. The molecule has 1 aliphatic heterocycles. The molecule has 0 radical (unpaired) electrons. The van der Waals surface area contributed by atoms with Gasteiger partial charge in [0, 0.05) is 4.24 Å². The topological polar surface area (TPSA) is 0 Å². The van der Waals surface area contributed by atoms with Crippen molar-refractivity contribution in [3.63, 3.8) is 0 Å². The van der Waals surface area contributed by atoms with Crippen LogP contribution in [0.15, 0.2) is 21.1 Å². The Balaban J connectivity index is 2.51. The second-order valence-electron chi connectivity index (χ2n) is 1.12. The molecule has 1 rings (SSSR count). The fraction of sp³-hybridized carbons (Fsp3) is 0.200. The third-order valence-electron chi connectivity index (χ3n) is 0.660. The second kappa shape index (κ2) is 2.48. The summed E-state index contributed by atoms with van der Waals surface area (Å²) in [6.45, 7) is 2.06. The van der Waals surface area contributed by atoms with Crippen LogP contribution >= 0.6 is 23.5 Å². The van der Waals surface area contributed by atoms with Gasteiger partial charge < -0.3 is 0 Å². The molecule has 1 aliphatic rings. The van der Waals surface area contributed by atoms with Crippen molar-refractivity contribution in [2.24, 2.45) is 0 Å². The average molecular weight is 130 g/mol. The standard InChI is InChI=1S/C5H6S2/c1-2-5-6-3-4-7-5/h2-4H,1H3. The molecule has 0 aliphatic carbocycles. The Kier molecular flexibility index (Phi) is 1.88. The summed E-state index contributed by atoms with van der Waals surface area (Å²) in [6, 6.07) is 0. The third-order valence-corrected chi connectivity index (χ3v) is 2.89. The summed E-state index contributed by atoms with van der Waals surface area (Å²) in [5.74, 6) is 0. The summed E-state index contributed by atoms with van der Waals surface area (Å²) in [5.41, 5.74) is 0. The first-order chi connectivity index (χ1) is 3.43. The van der Waals surface area contributed by atoms with Crippen molar-refractivity contribution in [3.8, 4) is 0 Å². The average Bonchev–Trinajstić information content (AvgIpc) is 2.14. The first-order valence-electron chi connectivity index (χ1n) is 2.08.